The standard InChI is InChI=1S/C21H19N3O3S/c1-13-19(15-8-4-3-5-9-15)22-21(28-13)23-20(26)18-12-24(14(2)25)16-10-6-7-11-17(16)27-18/h3-11,18H,12H2,1-2H3,(H,22,23,26). The molecular formula is C21H19N3O3S. The van der Waals surface area contributed by atoms with Gasteiger partial charge in [-0.3, -0.25) is 14.9 Å². The van der Waals surface area contributed by atoms with Crippen LogP contribution in [0.2, 0.25) is 0 Å². The van der Waals surface area contributed by atoms with E-state index in [0.717, 1.165) is 16.1 Å². The van der Waals surface area contributed by atoms with Gasteiger partial charge in [-0.05, 0) is 19.1 Å². The molecule has 0 aliphatic carbocycles. The lowest BCUT2D eigenvalue weighted by Crippen LogP contribution is -2.48. The highest BCUT2D eigenvalue weighted by atomic mass is 32.1. The van der Waals surface area contributed by atoms with Crippen LogP contribution < -0.4 is 15.0 Å². The third kappa shape index (κ3) is 3.48. The largest absolute Gasteiger partial charge is 0.476 e. The topological polar surface area (TPSA) is 71.5 Å². The third-order valence-corrected chi connectivity index (χ3v) is 5.41. The molecule has 142 valence electrons. The van der Waals surface area contributed by atoms with E-state index in [-0.39, 0.29) is 18.4 Å². The van der Waals surface area contributed by atoms with Crippen molar-refractivity contribution in [1.82, 2.24) is 4.98 Å². The smallest absolute Gasteiger partial charge is 0.269 e. The maximum atomic E-state index is 12.8. The van der Waals surface area contributed by atoms with Gasteiger partial charge in [0.1, 0.15) is 5.75 Å². The van der Waals surface area contributed by atoms with E-state index in [0.29, 0.717) is 16.6 Å². The summed E-state index contributed by atoms with van der Waals surface area (Å²) in [5, 5.41) is 3.35. The molecule has 1 N–H and O–H groups in total. The summed E-state index contributed by atoms with van der Waals surface area (Å²) < 4.78 is 5.84. The van der Waals surface area contributed by atoms with Crippen LogP contribution in [0.5, 0.6) is 5.75 Å². The van der Waals surface area contributed by atoms with Crippen LogP contribution in [0.25, 0.3) is 11.3 Å². The summed E-state index contributed by atoms with van der Waals surface area (Å²) in [6.07, 6.45) is -0.803. The van der Waals surface area contributed by atoms with Gasteiger partial charge in [0.25, 0.3) is 5.91 Å². The lowest BCUT2D eigenvalue weighted by molar-refractivity contribution is -0.123. The van der Waals surface area contributed by atoms with Crippen molar-refractivity contribution in [2.24, 2.45) is 0 Å². The van der Waals surface area contributed by atoms with Gasteiger partial charge in [-0.1, -0.05) is 42.5 Å². The first kappa shape index (κ1) is 18.2. The highest BCUT2D eigenvalue weighted by molar-refractivity contribution is 7.16. The van der Waals surface area contributed by atoms with Crippen molar-refractivity contribution in [3.63, 3.8) is 0 Å². The van der Waals surface area contributed by atoms with Crippen molar-refractivity contribution >= 4 is 34.0 Å². The molecule has 1 unspecified atom stereocenters. The molecule has 1 atom stereocenters. The molecular weight excluding hydrogens is 374 g/mol. The molecule has 1 aliphatic heterocycles. The summed E-state index contributed by atoms with van der Waals surface area (Å²) >= 11 is 1.42. The normalized spacial score (nSPS) is 15.5. The Hall–Kier alpha value is -3.19. The van der Waals surface area contributed by atoms with Crippen LogP contribution >= 0.6 is 11.3 Å². The lowest BCUT2D eigenvalue weighted by Gasteiger charge is -2.33. The molecule has 1 aromatic heterocycles. The molecule has 2 heterocycles. The average molecular weight is 393 g/mol. The zero-order valence-corrected chi connectivity index (χ0v) is 16.3. The van der Waals surface area contributed by atoms with Crippen molar-refractivity contribution in [1.29, 1.82) is 0 Å². The summed E-state index contributed by atoms with van der Waals surface area (Å²) in [5.74, 6) is 0.0588. The number of carbonyl (C=O) groups excluding carboxylic acids is 2. The fourth-order valence-electron chi connectivity index (χ4n) is 3.17. The van der Waals surface area contributed by atoms with Gasteiger partial charge in [0.2, 0.25) is 5.91 Å². The first-order valence-electron chi connectivity index (χ1n) is 8.90. The maximum Gasteiger partial charge on any atom is 0.269 e. The van der Waals surface area contributed by atoms with E-state index in [2.05, 4.69) is 10.3 Å². The molecule has 2 aromatic carbocycles. The number of carbonyl (C=O) groups is 2. The Morgan fingerprint density at radius 1 is 1.14 bits per heavy atom. The van der Waals surface area contributed by atoms with Gasteiger partial charge in [-0.25, -0.2) is 4.98 Å². The van der Waals surface area contributed by atoms with Crippen LogP contribution in [0.15, 0.2) is 54.6 Å². The molecule has 1 aliphatic rings. The Labute approximate surface area is 166 Å². The Bertz CT molecular complexity index is 1030. The van der Waals surface area contributed by atoms with E-state index in [1.807, 2.05) is 49.4 Å². The Morgan fingerprint density at radius 2 is 1.86 bits per heavy atom. The van der Waals surface area contributed by atoms with Crippen LogP contribution in [-0.4, -0.2) is 29.4 Å². The molecule has 0 saturated heterocycles. The Morgan fingerprint density at radius 3 is 2.61 bits per heavy atom. The molecule has 0 fully saturated rings. The molecule has 0 spiro atoms. The number of benzene rings is 2. The van der Waals surface area contributed by atoms with Crippen LogP contribution in [0.3, 0.4) is 0 Å². The predicted molar refractivity (Wildman–Crippen MR) is 110 cm³/mol. The zero-order chi connectivity index (χ0) is 19.7. The fraction of sp³-hybridized carbons (Fsp3) is 0.190. The minimum atomic E-state index is -0.803. The van der Waals surface area contributed by atoms with Crippen molar-refractivity contribution < 1.29 is 14.3 Å². The van der Waals surface area contributed by atoms with Gasteiger partial charge >= 0.3 is 0 Å². The number of ether oxygens (including phenoxy) is 1. The van der Waals surface area contributed by atoms with Crippen molar-refractivity contribution in [2.45, 2.75) is 20.0 Å². The minimum absolute atomic E-state index is 0.134. The number of hydrogen-bond donors (Lipinski definition) is 1. The molecule has 28 heavy (non-hydrogen) atoms. The van der Waals surface area contributed by atoms with E-state index in [9.17, 15) is 9.59 Å². The third-order valence-electron chi connectivity index (χ3n) is 4.52. The number of fused-ring (bicyclic) bond motifs is 1. The average Bonchev–Trinajstić information content (AvgIpc) is 3.07. The molecule has 7 heteroatoms. The molecule has 2 amide bonds. The molecule has 0 radical (unpaired) electrons. The second kappa shape index (κ2) is 7.44. The van der Waals surface area contributed by atoms with E-state index < -0.39 is 6.10 Å². The number of anilines is 2. The number of nitrogens with zero attached hydrogens (tertiary/aromatic N) is 2. The van der Waals surface area contributed by atoms with E-state index in [4.69, 9.17) is 4.74 Å². The molecule has 3 aromatic rings. The van der Waals surface area contributed by atoms with Crippen molar-refractivity contribution in [3.05, 3.63) is 59.5 Å². The second-order valence-electron chi connectivity index (χ2n) is 6.48. The number of aryl methyl sites for hydroxylation is 1. The van der Waals surface area contributed by atoms with Crippen molar-refractivity contribution in [2.75, 3.05) is 16.8 Å². The number of para-hydroxylation sites is 2. The summed E-state index contributed by atoms with van der Waals surface area (Å²) in [6.45, 7) is 3.61. The van der Waals surface area contributed by atoms with Gasteiger partial charge in [-0.15, -0.1) is 11.3 Å². The first-order valence-corrected chi connectivity index (χ1v) is 9.72. The van der Waals surface area contributed by atoms with Gasteiger partial charge < -0.3 is 9.64 Å². The molecule has 0 bridgehead atoms. The lowest BCUT2D eigenvalue weighted by atomic mass is 10.1. The summed E-state index contributed by atoms with van der Waals surface area (Å²) in [6, 6.07) is 17.0. The number of hydrogen-bond acceptors (Lipinski definition) is 5. The SMILES string of the molecule is CC(=O)N1CC(C(=O)Nc2nc(-c3ccccc3)c(C)s2)Oc2ccccc21. The number of thiazole rings is 1. The first-order chi connectivity index (χ1) is 13.5. The summed E-state index contributed by atoms with van der Waals surface area (Å²) in [4.78, 5) is 32.0. The summed E-state index contributed by atoms with van der Waals surface area (Å²) in [7, 11) is 0. The maximum absolute atomic E-state index is 12.8. The molecule has 4 rings (SSSR count). The number of nitrogens with one attached hydrogen (secondary N) is 1. The van der Waals surface area contributed by atoms with Gasteiger partial charge in [0.05, 0.1) is 17.9 Å². The Balaban J connectivity index is 1.54. The Kier molecular flexibility index (Phi) is 4.83. The van der Waals surface area contributed by atoms with Crippen LogP contribution in [0.4, 0.5) is 10.8 Å². The van der Waals surface area contributed by atoms with Gasteiger partial charge in [-0.2, -0.15) is 0 Å². The fourth-order valence-corrected chi connectivity index (χ4v) is 4.01. The second-order valence-corrected chi connectivity index (χ2v) is 7.69. The monoisotopic (exact) mass is 393 g/mol. The van der Waals surface area contributed by atoms with Crippen molar-refractivity contribution in [3.8, 4) is 17.0 Å². The highest BCUT2D eigenvalue weighted by Gasteiger charge is 2.33. The highest BCUT2D eigenvalue weighted by Crippen LogP contribution is 2.34. The summed E-state index contributed by atoms with van der Waals surface area (Å²) in [5.41, 5.74) is 2.53. The van der Waals surface area contributed by atoms with E-state index in [1.54, 1.807) is 17.0 Å². The van der Waals surface area contributed by atoms with Crippen LogP contribution in [0, 0.1) is 6.92 Å². The predicted octanol–water partition coefficient (Wildman–Crippen LogP) is 3.87. The quantitative estimate of drug-likeness (QED) is 0.733. The zero-order valence-electron chi connectivity index (χ0n) is 15.5. The number of amides is 2. The number of aromatic nitrogens is 1. The van der Waals surface area contributed by atoms with Gasteiger partial charge in [0, 0.05) is 17.4 Å². The number of rotatable bonds is 3. The molecule has 0 saturated carbocycles. The van der Waals surface area contributed by atoms with Crippen LogP contribution in [0.1, 0.15) is 11.8 Å². The van der Waals surface area contributed by atoms with E-state index >= 15 is 0 Å². The minimum Gasteiger partial charge on any atom is -0.476 e. The van der Waals surface area contributed by atoms with E-state index in [1.165, 1.54) is 18.3 Å². The van der Waals surface area contributed by atoms with Gasteiger partial charge in [0.15, 0.2) is 11.2 Å². The van der Waals surface area contributed by atoms with Crippen LogP contribution in [-0.2, 0) is 9.59 Å². The molecule has 6 nitrogen and oxygen atoms in total.